The predicted molar refractivity (Wildman–Crippen MR) is 46.2 cm³/mol. The normalized spacial score (nSPS) is 17.9. The summed E-state index contributed by atoms with van der Waals surface area (Å²) in [5.41, 5.74) is 3.92. The molecule has 2 rings (SSSR count). The van der Waals surface area contributed by atoms with E-state index in [1.807, 2.05) is 0 Å². The second kappa shape index (κ2) is 3.20. The summed E-state index contributed by atoms with van der Waals surface area (Å²) in [6, 6.07) is 0.209. The summed E-state index contributed by atoms with van der Waals surface area (Å²) in [6.07, 6.45) is 0.917. The van der Waals surface area contributed by atoms with Gasteiger partial charge >= 0.3 is 0 Å². The summed E-state index contributed by atoms with van der Waals surface area (Å²) in [7, 11) is 0. The monoisotopic (exact) mass is 219 g/mol. The van der Waals surface area contributed by atoms with Crippen LogP contribution in [0.5, 0.6) is 0 Å². The molecule has 0 heterocycles. The smallest absolute Gasteiger partial charge is 0.165 e. The zero-order valence-corrected chi connectivity index (χ0v) is 7.79. The Labute approximate surface area is 83.9 Å². The van der Waals surface area contributed by atoms with E-state index in [-0.39, 0.29) is 12.6 Å². The van der Waals surface area contributed by atoms with Crippen LogP contribution in [0.1, 0.15) is 18.4 Å². The summed E-state index contributed by atoms with van der Waals surface area (Å²) in [6.45, 7) is -0.0102. The van der Waals surface area contributed by atoms with Gasteiger partial charge in [-0.1, -0.05) is 0 Å². The van der Waals surface area contributed by atoms with E-state index in [1.165, 1.54) is 0 Å². The molecular formula is C10H9F4N. The summed E-state index contributed by atoms with van der Waals surface area (Å²) in [4.78, 5) is 0. The number of rotatable bonds is 2. The molecule has 0 spiro atoms. The maximum atomic E-state index is 13.3. The molecule has 0 bridgehead atoms. The van der Waals surface area contributed by atoms with E-state index in [1.54, 1.807) is 0 Å². The zero-order chi connectivity index (χ0) is 11.2. The highest BCUT2D eigenvalue weighted by molar-refractivity contribution is 5.35. The lowest BCUT2D eigenvalue weighted by molar-refractivity contribution is 0.422. The van der Waals surface area contributed by atoms with Crippen molar-refractivity contribution in [3.63, 3.8) is 0 Å². The first-order chi connectivity index (χ1) is 7.02. The second-order valence-electron chi connectivity index (χ2n) is 3.83. The molecule has 1 aliphatic rings. The third kappa shape index (κ3) is 1.42. The maximum absolute atomic E-state index is 13.3. The molecule has 5 heteroatoms. The van der Waals surface area contributed by atoms with E-state index in [0.717, 1.165) is 0 Å². The highest BCUT2D eigenvalue weighted by Crippen LogP contribution is 2.49. The van der Waals surface area contributed by atoms with Crippen molar-refractivity contribution >= 4 is 0 Å². The van der Waals surface area contributed by atoms with Crippen LogP contribution in [0.4, 0.5) is 17.6 Å². The molecule has 0 saturated heterocycles. The van der Waals surface area contributed by atoms with Gasteiger partial charge in [0.1, 0.15) is 0 Å². The summed E-state index contributed by atoms with van der Waals surface area (Å²) in [5.74, 6) is -5.39. The van der Waals surface area contributed by atoms with E-state index in [9.17, 15) is 17.6 Å². The van der Waals surface area contributed by atoms with Gasteiger partial charge in [-0.25, -0.2) is 17.6 Å². The van der Waals surface area contributed by atoms with Gasteiger partial charge in [-0.2, -0.15) is 0 Å². The third-order valence-electron chi connectivity index (χ3n) is 2.89. The Kier molecular flexibility index (Phi) is 2.22. The Hall–Kier alpha value is -1.10. The average molecular weight is 219 g/mol. The van der Waals surface area contributed by atoms with Crippen LogP contribution in [0.3, 0.4) is 0 Å². The Morgan fingerprint density at radius 3 is 1.87 bits per heavy atom. The van der Waals surface area contributed by atoms with Crippen LogP contribution in [0, 0.1) is 23.3 Å². The predicted octanol–water partition coefficient (Wildman–Crippen LogP) is 2.23. The number of hydrogen-bond acceptors (Lipinski definition) is 1. The Morgan fingerprint density at radius 2 is 1.53 bits per heavy atom. The minimum absolute atomic E-state index is 0.0102. The molecule has 82 valence electrons. The molecule has 0 aromatic heterocycles. The van der Waals surface area contributed by atoms with Crippen molar-refractivity contribution in [3.05, 3.63) is 34.9 Å². The van der Waals surface area contributed by atoms with Gasteiger partial charge in [0.2, 0.25) is 0 Å². The molecule has 0 unspecified atom stereocenters. The fourth-order valence-corrected chi connectivity index (χ4v) is 1.75. The second-order valence-corrected chi connectivity index (χ2v) is 3.83. The largest absolute Gasteiger partial charge is 0.330 e. The van der Waals surface area contributed by atoms with Crippen LogP contribution < -0.4 is 5.73 Å². The Balaban J connectivity index is 2.64. The first-order valence-corrected chi connectivity index (χ1v) is 4.55. The van der Waals surface area contributed by atoms with E-state index >= 15 is 0 Å². The lowest BCUT2D eigenvalue weighted by Gasteiger charge is -2.15. The van der Waals surface area contributed by atoms with Gasteiger partial charge in [-0.15, -0.1) is 0 Å². The molecule has 15 heavy (non-hydrogen) atoms. The van der Waals surface area contributed by atoms with Crippen LogP contribution >= 0.6 is 0 Å². The van der Waals surface area contributed by atoms with E-state index in [4.69, 9.17) is 5.73 Å². The fraction of sp³-hybridized carbons (Fsp3) is 0.400. The van der Waals surface area contributed by atoms with Gasteiger partial charge in [-0.05, 0) is 12.8 Å². The minimum atomic E-state index is -1.37. The Morgan fingerprint density at radius 1 is 1.07 bits per heavy atom. The van der Waals surface area contributed by atoms with E-state index in [0.29, 0.717) is 12.8 Å². The Bertz CT molecular complexity index is 386. The topological polar surface area (TPSA) is 26.0 Å². The molecule has 1 nitrogen and oxygen atoms in total. The molecule has 1 aliphatic carbocycles. The molecule has 1 saturated carbocycles. The van der Waals surface area contributed by atoms with Crippen molar-refractivity contribution in [3.8, 4) is 0 Å². The van der Waals surface area contributed by atoms with E-state index < -0.39 is 34.2 Å². The van der Waals surface area contributed by atoms with Gasteiger partial charge in [0.05, 0.1) is 0 Å². The number of benzene rings is 1. The highest BCUT2D eigenvalue weighted by Gasteiger charge is 2.48. The lowest BCUT2D eigenvalue weighted by atomic mass is 9.94. The summed E-state index contributed by atoms with van der Waals surface area (Å²) < 4.78 is 52.4. The number of hydrogen-bond donors (Lipinski definition) is 1. The summed E-state index contributed by atoms with van der Waals surface area (Å²) in [5, 5.41) is 0. The summed E-state index contributed by atoms with van der Waals surface area (Å²) >= 11 is 0. The van der Waals surface area contributed by atoms with Crippen molar-refractivity contribution in [2.24, 2.45) is 5.73 Å². The van der Waals surface area contributed by atoms with Crippen molar-refractivity contribution < 1.29 is 17.6 Å². The zero-order valence-electron chi connectivity index (χ0n) is 7.79. The molecule has 0 amide bonds. The maximum Gasteiger partial charge on any atom is 0.165 e. The molecule has 1 aromatic carbocycles. The van der Waals surface area contributed by atoms with Crippen molar-refractivity contribution in [1.29, 1.82) is 0 Å². The van der Waals surface area contributed by atoms with Crippen molar-refractivity contribution in [2.75, 3.05) is 6.54 Å². The lowest BCUT2D eigenvalue weighted by Crippen LogP contribution is -2.24. The molecule has 0 aliphatic heterocycles. The van der Waals surface area contributed by atoms with Gasteiger partial charge in [0, 0.05) is 23.6 Å². The quantitative estimate of drug-likeness (QED) is 0.599. The molecular weight excluding hydrogens is 210 g/mol. The van der Waals surface area contributed by atoms with Gasteiger partial charge in [-0.3, -0.25) is 0 Å². The molecule has 1 aromatic rings. The standard InChI is InChI=1S/C10H9F4N/c11-5-3-6(12)9(14)7(8(5)13)10(4-15)1-2-10/h3H,1-2,4,15H2. The van der Waals surface area contributed by atoms with E-state index in [2.05, 4.69) is 0 Å². The average Bonchev–Trinajstić information content (AvgIpc) is 2.96. The van der Waals surface area contributed by atoms with Crippen LogP contribution in [-0.4, -0.2) is 6.54 Å². The molecule has 2 N–H and O–H groups in total. The third-order valence-corrected chi connectivity index (χ3v) is 2.89. The highest BCUT2D eigenvalue weighted by atomic mass is 19.2. The van der Waals surface area contributed by atoms with Gasteiger partial charge in [0.15, 0.2) is 23.3 Å². The molecule has 0 atom stereocenters. The van der Waals surface area contributed by atoms with Crippen LogP contribution in [0.15, 0.2) is 6.07 Å². The van der Waals surface area contributed by atoms with Crippen LogP contribution in [0.2, 0.25) is 0 Å². The SMILES string of the molecule is NCC1(c2c(F)c(F)cc(F)c2F)CC1. The van der Waals surface area contributed by atoms with Crippen LogP contribution in [0.25, 0.3) is 0 Å². The minimum Gasteiger partial charge on any atom is -0.330 e. The fourth-order valence-electron chi connectivity index (χ4n) is 1.75. The van der Waals surface area contributed by atoms with Crippen molar-refractivity contribution in [2.45, 2.75) is 18.3 Å². The van der Waals surface area contributed by atoms with Crippen molar-refractivity contribution in [1.82, 2.24) is 0 Å². The number of halogens is 4. The van der Waals surface area contributed by atoms with Gasteiger partial charge in [0.25, 0.3) is 0 Å². The first kappa shape index (κ1) is 10.4. The van der Waals surface area contributed by atoms with Crippen LogP contribution in [-0.2, 0) is 5.41 Å². The number of nitrogens with two attached hydrogens (primary N) is 1. The molecule has 1 fully saturated rings. The van der Waals surface area contributed by atoms with Gasteiger partial charge < -0.3 is 5.73 Å². The first-order valence-electron chi connectivity index (χ1n) is 4.55. The molecule has 0 radical (unpaired) electrons.